The molecule has 0 radical (unpaired) electrons. The smallest absolute Gasteiger partial charge is 0.334 e. The van der Waals surface area contributed by atoms with Crippen molar-refractivity contribution in [1.29, 1.82) is 0 Å². The number of likely N-dealkylation sites (N-methyl/N-ethyl adjacent to an activating group) is 1. The second-order valence-electron chi connectivity index (χ2n) is 9.53. The Kier molecular flexibility index (Phi) is 7.53. The van der Waals surface area contributed by atoms with Crippen LogP contribution in [-0.2, 0) is 16.1 Å². The predicted molar refractivity (Wildman–Crippen MR) is 126 cm³/mol. The van der Waals surface area contributed by atoms with Crippen LogP contribution >= 0.6 is 0 Å². The van der Waals surface area contributed by atoms with Crippen LogP contribution in [0.15, 0.2) is 30.3 Å². The van der Waals surface area contributed by atoms with Gasteiger partial charge in [0.1, 0.15) is 12.2 Å². The summed E-state index contributed by atoms with van der Waals surface area (Å²) in [5, 5.41) is 6.38. The van der Waals surface area contributed by atoms with Crippen LogP contribution in [0.3, 0.4) is 0 Å². The van der Waals surface area contributed by atoms with Gasteiger partial charge in [-0.1, -0.05) is 69.4 Å². The Labute approximate surface area is 196 Å². The third-order valence-corrected chi connectivity index (χ3v) is 7.23. The number of nitrogens with one attached hydrogen (secondary N) is 1. The van der Waals surface area contributed by atoms with E-state index in [1.54, 1.807) is 22.0 Å². The van der Waals surface area contributed by atoms with E-state index in [2.05, 4.69) is 12.2 Å². The summed E-state index contributed by atoms with van der Waals surface area (Å²) in [5.74, 6) is -0.0125. The molecule has 3 aliphatic rings. The molecule has 8 heteroatoms. The van der Waals surface area contributed by atoms with Gasteiger partial charge < -0.3 is 15.1 Å². The normalized spacial score (nSPS) is 24.7. The van der Waals surface area contributed by atoms with Crippen molar-refractivity contribution in [2.45, 2.75) is 83.1 Å². The highest BCUT2D eigenvalue weighted by atomic mass is 16.2. The molecule has 2 saturated heterocycles. The van der Waals surface area contributed by atoms with E-state index >= 15 is 0 Å². The van der Waals surface area contributed by atoms with Crippen LogP contribution in [0.4, 0.5) is 4.79 Å². The maximum absolute atomic E-state index is 13.6. The summed E-state index contributed by atoms with van der Waals surface area (Å²) in [6, 6.07) is 9.26. The fourth-order valence-electron chi connectivity index (χ4n) is 5.51. The molecular formula is C25H37N5O3. The Balaban J connectivity index is 1.58. The molecule has 4 amide bonds. The van der Waals surface area contributed by atoms with Crippen molar-refractivity contribution in [3.8, 4) is 0 Å². The van der Waals surface area contributed by atoms with Gasteiger partial charge >= 0.3 is 6.03 Å². The first-order chi connectivity index (χ1) is 16.0. The number of hydrogen-bond acceptors (Lipinski definition) is 4. The van der Waals surface area contributed by atoms with E-state index in [4.69, 9.17) is 0 Å². The molecule has 0 aromatic heterocycles. The van der Waals surface area contributed by atoms with Gasteiger partial charge in [0.2, 0.25) is 11.8 Å². The Morgan fingerprint density at radius 3 is 2.52 bits per heavy atom. The van der Waals surface area contributed by atoms with Crippen molar-refractivity contribution in [3.63, 3.8) is 0 Å². The lowest BCUT2D eigenvalue weighted by atomic mass is 9.91. The molecule has 1 aromatic rings. The number of carbonyl (C=O) groups is 3. The van der Waals surface area contributed by atoms with E-state index in [1.165, 1.54) is 6.42 Å². The number of piperazine rings is 1. The van der Waals surface area contributed by atoms with Crippen LogP contribution in [0.5, 0.6) is 0 Å². The summed E-state index contributed by atoms with van der Waals surface area (Å²) >= 11 is 0. The Morgan fingerprint density at radius 2 is 1.82 bits per heavy atom. The number of hydrogen-bond donors (Lipinski definition) is 1. The lowest BCUT2D eigenvalue weighted by molar-refractivity contribution is -0.190. The summed E-state index contributed by atoms with van der Waals surface area (Å²) in [6.07, 6.45) is 7.47. The molecule has 0 spiro atoms. The van der Waals surface area contributed by atoms with E-state index in [1.807, 2.05) is 35.2 Å². The van der Waals surface area contributed by atoms with E-state index in [0.29, 0.717) is 19.5 Å². The van der Waals surface area contributed by atoms with Gasteiger partial charge in [-0.15, -0.1) is 0 Å². The summed E-state index contributed by atoms with van der Waals surface area (Å²) < 4.78 is 0. The minimum absolute atomic E-state index is 0.0640. The van der Waals surface area contributed by atoms with Crippen LogP contribution in [0.2, 0.25) is 0 Å². The molecular weight excluding hydrogens is 418 g/mol. The quantitative estimate of drug-likeness (QED) is 0.716. The van der Waals surface area contributed by atoms with Crippen LogP contribution in [0, 0.1) is 0 Å². The van der Waals surface area contributed by atoms with Gasteiger partial charge in [-0.3, -0.25) is 9.59 Å². The predicted octanol–water partition coefficient (Wildman–Crippen LogP) is 2.95. The monoisotopic (exact) mass is 455 g/mol. The van der Waals surface area contributed by atoms with Crippen LogP contribution < -0.4 is 5.32 Å². The van der Waals surface area contributed by atoms with Crippen molar-refractivity contribution in [1.82, 2.24) is 25.1 Å². The summed E-state index contributed by atoms with van der Waals surface area (Å²) in [7, 11) is 1.78. The van der Waals surface area contributed by atoms with Crippen LogP contribution in [-0.4, -0.2) is 76.0 Å². The number of nitrogens with zero attached hydrogens (tertiary/aromatic N) is 4. The second-order valence-corrected chi connectivity index (χ2v) is 9.53. The highest BCUT2D eigenvalue weighted by Crippen LogP contribution is 2.32. The molecule has 33 heavy (non-hydrogen) atoms. The highest BCUT2D eigenvalue weighted by molar-refractivity contribution is 5.91. The number of fused-ring (bicyclic) bond motifs is 1. The summed E-state index contributed by atoms with van der Waals surface area (Å²) in [4.78, 5) is 43.8. The maximum Gasteiger partial charge on any atom is 0.334 e. The lowest BCUT2D eigenvalue weighted by Gasteiger charge is -2.56. The van der Waals surface area contributed by atoms with Crippen LogP contribution in [0.1, 0.15) is 63.9 Å². The number of benzene rings is 1. The average molecular weight is 456 g/mol. The Morgan fingerprint density at radius 1 is 1.09 bits per heavy atom. The molecule has 1 aliphatic carbocycles. The number of rotatable bonds is 6. The van der Waals surface area contributed by atoms with E-state index in [-0.39, 0.29) is 30.4 Å². The zero-order chi connectivity index (χ0) is 23.4. The fraction of sp³-hybridized carbons (Fsp3) is 0.640. The molecule has 3 fully saturated rings. The van der Waals surface area contributed by atoms with Crippen molar-refractivity contribution in [2.75, 3.05) is 20.1 Å². The van der Waals surface area contributed by atoms with Crippen molar-refractivity contribution in [2.24, 2.45) is 0 Å². The van der Waals surface area contributed by atoms with Gasteiger partial charge in [0.25, 0.3) is 0 Å². The molecule has 1 saturated carbocycles. The van der Waals surface area contributed by atoms with Gasteiger partial charge in [-0.05, 0) is 24.8 Å². The van der Waals surface area contributed by atoms with Gasteiger partial charge in [-0.2, -0.15) is 0 Å². The SMILES string of the molecule is CCCC[C@H]1C(=O)N(C2CCCCC2)C[C@H]2N1C(=O)CN(C)N2C(=O)NCc1ccccc1. The molecule has 1 aromatic carbocycles. The zero-order valence-electron chi connectivity index (χ0n) is 19.9. The maximum atomic E-state index is 13.6. The van der Waals surface area contributed by atoms with Gasteiger partial charge in [0.15, 0.2) is 0 Å². The largest absolute Gasteiger partial charge is 0.334 e. The summed E-state index contributed by atoms with van der Waals surface area (Å²) in [6.45, 7) is 2.98. The molecule has 1 N–H and O–H groups in total. The summed E-state index contributed by atoms with van der Waals surface area (Å²) in [5.41, 5.74) is 1.02. The van der Waals surface area contributed by atoms with E-state index < -0.39 is 12.2 Å². The molecule has 2 heterocycles. The number of carbonyl (C=O) groups excluding carboxylic acids is 3. The van der Waals surface area contributed by atoms with E-state index in [0.717, 1.165) is 44.1 Å². The molecule has 0 bridgehead atoms. The van der Waals surface area contributed by atoms with Crippen molar-refractivity contribution in [3.05, 3.63) is 35.9 Å². The standard InChI is InChI=1S/C25H37N5O3/c1-3-4-15-21-24(32)28(20-13-9-6-10-14-20)17-22-29(21)23(31)18-27(2)30(22)25(33)26-16-19-11-7-5-8-12-19/h5,7-8,11-12,20-22H,3-4,6,9-10,13-18H2,1-2H3,(H,26,33)/t21-,22-/m0/s1. The molecule has 0 unspecified atom stereocenters. The molecule has 180 valence electrons. The minimum Gasteiger partial charge on any atom is -0.334 e. The highest BCUT2D eigenvalue weighted by Gasteiger charge is 2.51. The molecule has 8 nitrogen and oxygen atoms in total. The zero-order valence-corrected chi connectivity index (χ0v) is 19.9. The molecule has 4 rings (SSSR count). The number of hydrazine groups is 1. The average Bonchev–Trinajstić information content (AvgIpc) is 2.83. The Bertz CT molecular complexity index is 842. The van der Waals surface area contributed by atoms with Crippen LogP contribution in [0.25, 0.3) is 0 Å². The molecule has 2 atom stereocenters. The molecule has 2 aliphatic heterocycles. The topological polar surface area (TPSA) is 76.2 Å². The third kappa shape index (κ3) is 5.00. The number of unbranched alkanes of at least 4 members (excludes halogenated alkanes) is 1. The fourth-order valence-corrected chi connectivity index (χ4v) is 5.51. The minimum atomic E-state index is -0.490. The third-order valence-electron chi connectivity index (χ3n) is 7.23. The first-order valence-corrected chi connectivity index (χ1v) is 12.4. The first-order valence-electron chi connectivity index (χ1n) is 12.4. The van der Waals surface area contributed by atoms with Gasteiger partial charge in [-0.25, -0.2) is 14.8 Å². The second kappa shape index (κ2) is 10.5. The number of urea groups is 1. The number of amides is 4. The van der Waals surface area contributed by atoms with Gasteiger partial charge in [0, 0.05) is 19.6 Å². The van der Waals surface area contributed by atoms with Crippen molar-refractivity contribution < 1.29 is 14.4 Å². The first kappa shape index (κ1) is 23.5. The van der Waals surface area contributed by atoms with E-state index in [9.17, 15) is 14.4 Å². The lowest BCUT2D eigenvalue weighted by Crippen LogP contribution is -2.76. The Hall–Kier alpha value is -2.61. The van der Waals surface area contributed by atoms with Gasteiger partial charge in [0.05, 0.1) is 13.1 Å². The van der Waals surface area contributed by atoms with Crippen molar-refractivity contribution >= 4 is 17.8 Å².